The summed E-state index contributed by atoms with van der Waals surface area (Å²) in [7, 11) is 2.01. The Labute approximate surface area is 94.9 Å². The number of imidazole rings is 2. The molecule has 0 bridgehead atoms. The maximum absolute atomic E-state index is 4.33. The van der Waals surface area contributed by atoms with E-state index in [0.717, 1.165) is 24.6 Å². The van der Waals surface area contributed by atoms with E-state index in [0.29, 0.717) is 0 Å². The SMILES string of the molecule is CCNC(Cc1nccn1C)c1ncc[nH]1. The van der Waals surface area contributed by atoms with Crippen molar-refractivity contribution in [3.05, 3.63) is 36.4 Å². The monoisotopic (exact) mass is 219 g/mol. The summed E-state index contributed by atoms with van der Waals surface area (Å²) in [4.78, 5) is 11.8. The standard InChI is InChI=1S/C11H17N5/c1-3-12-9(11-14-4-5-15-11)8-10-13-6-7-16(10)2/h4-7,9,12H,3,8H2,1-2H3,(H,14,15). The summed E-state index contributed by atoms with van der Waals surface area (Å²) in [6.45, 7) is 3.00. The second kappa shape index (κ2) is 4.94. The zero-order valence-corrected chi connectivity index (χ0v) is 9.64. The highest BCUT2D eigenvalue weighted by atomic mass is 15.1. The first-order valence-electron chi connectivity index (χ1n) is 5.50. The summed E-state index contributed by atoms with van der Waals surface area (Å²) < 4.78 is 2.04. The molecule has 0 fully saturated rings. The van der Waals surface area contributed by atoms with E-state index in [2.05, 4.69) is 27.2 Å². The molecule has 0 radical (unpaired) electrons. The van der Waals surface area contributed by atoms with Crippen molar-refractivity contribution in [1.29, 1.82) is 0 Å². The van der Waals surface area contributed by atoms with Crippen LogP contribution in [-0.2, 0) is 13.5 Å². The Morgan fingerprint density at radius 1 is 1.44 bits per heavy atom. The molecule has 5 heteroatoms. The molecule has 2 aromatic heterocycles. The van der Waals surface area contributed by atoms with Gasteiger partial charge in [-0.3, -0.25) is 0 Å². The van der Waals surface area contributed by atoms with Crippen molar-refractivity contribution in [3.63, 3.8) is 0 Å². The molecule has 1 atom stereocenters. The zero-order chi connectivity index (χ0) is 11.4. The Bertz CT molecular complexity index is 417. The third-order valence-corrected chi connectivity index (χ3v) is 2.61. The van der Waals surface area contributed by atoms with Gasteiger partial charge in [-0.25, -0.2) is 9.97 Å². The Hall–Kier alpha value is -1.62. The zero-order valence-electron chi connectivity index (χ0n) is 9.64. The van der Waals surface area contributed by atoms with Crippen molar-refractivity contribution >= 4 is 0 Å². The topological polar surface area (TPSA) is 58.5 Å². The molecule has 0 saturated carbocycles. The molecule has 2 aromatic rings. The van der Waals surface area contributed by atoms with Gasteiger partial charge in [0.1, 0.15) is 11.6 Å². The smallest absolute Gasteiger partial charge is 0.123 e. The number of likely N-dealkylation sites (N-methyl/N-ethyl adjacent to an activating group) is 1. The Morgan fingerprint density at radius 3 is 2.88 bits per heavy atom. The Morgan fingerprint density at radius 2 is 2.31 bits per heavy atom. The highest BCUT2D eigenvalue weighted by Gasteiger charge is 2.15. The molecule has 2 N–H and O–H groups in total. The van der Waals surface area contributed by atoms with Gasteiger partial charge in [-0.15, -0.1) is 0 Å². The van der Waals surface area contributed by atoms with Crippen LogP contribution in [0.2, 0.25) is 0 Å². The highest BCUT2D eigenvalue weighted by molar-refractivity contribution is 5.02. The lowest BCUT2D eigenvalue weighted by Crippen LogP contribution is -2.25. The largest absolute Gasteiger partial charge is 0.347 e. The van der Waals surface area contributed by atoms with Gasteiger partial charge < -0.3 is 14.9 Å². The molecular weight excluding hydrogens is 202 g/mol. The summed E-state index contributed by atoms with van der Waals surface area (Å²) >= 11 is 0. The number of H-pyrrole nitrogens is 1. The summed E-state index contributed by atoms with van der Waals surface area (Å²) in [5, 5.41) is 3.40. The molecule has 0 aliphatic carbocycles. The van der Waals surface area contributed by atoms with Crippen molar-refractivity contribution < 1.29 is 0 Å². The molecule has 1 unspecified atom stereocenters. The highest BCUT2D eigenvalue weighted by Crippen LogP contribution is 2.13. The minimum absolute atomic E-state index is 0.195. The maximum Gasteiger partial charge on any atom is 0.123 e. The average molecular weight is 219 g/mol. The van der Waals surface area contributed by atoms with E-state index in [1.807, 2.05) is 30.2 Å². The van der Waals surface area contributed by atoms with Gasteiger partial charge in [0.2, 0.25) is 0 Å². The van der Waals surface area contributed by atoms with Crippen molar-refractivity contribution in [2.75, 3.05) is 6.54 Å². The van der Waals surface area contributed by atoms with Crippen LogP contribution in [0.4, 0.5) is 0 Å². The molecular formula is C11H17N5. The van der Waals surface area contributed by atoms with Crippen LogP contribution in [0, 0.1) is 0 Å². The third kappa shape index (κ3) is 2.30. The van der Waals surface area contributed by atoms with Gasteiger partial charge in [-0.05, 0) is 6.54 Å². The fourth-order valence-corrected chi connectivity index (χ4v) is 1.76. The first-order chi connectivity index (χ1) is 7.81. The lowest BCUT2D eigenvalue weighted by molar-refractivity contribution is 0.508. The number of aromatic amines is 1. The summed E-state index contributed by atoms with van der Waals surface area (Å²) in [6, 6.07) is 0.195. The molecule has 2 rings (SSSR count). The minimum Gasteiger partial charge on any atom is -0.347 e. The minimum atomic E-state index is 0.195. The van der Waals surface area contributed by atoms with Gasteiger partial charge in [-0.2, -0.15) is 0 Å². The van der Waals surface area contributed by atoms with E-state index in [1.165, 1.54) is 0 Å². The molecule has 0 aliphatic rings. The van der Waals surface area contributed by atoms with Crippen LogP contribution in [0.15, 0.2) is 24.8 Å². The van der Waals surface area contributed by atoms with Crippen LogP contribution in [0.5, 0.6) is 0 Å². The number of aryl methyl sites for hydroxylation is 1. The fraction of sp³-hybridized carbons (Fsp3) is 0.455. The summed E-state index contributed by atoms with van der Waals surface area (Å²) in [5.74, 6) is 2.02. The van der Waals surface area contributed by atoms with Crippen LogP contribution in [0.1, 0.15) is 24.6 Å². The van der Waals surface area contributed by atoms with Crippen LogP contribution in [-0.4, -0.2) is 26.1 Å². The lowest BCUT2D eigenvalue weighted by atomic mass is 10.2. The first kappa shape index (κ1) is 10.9. The van der Waals surface area contributed by atoms with Crippen LogP contribution >= 0.6 is 0 Å². The quantitative estimate of drug-likeness (QED) is 0.790. The van der Waals surface area contributed by atoms with Gasteiger partial charge in [0, 0.05) is 38.3 Å². The van der Waals surface area contributed by atoms with Crippen molar-refractivity contribution in [3.8, 4) is 0 Å². The number of hydrogen-bond acceptors (Lipinski definition) is 3. The fourth-order valence-electron chi connectivity index (χ4n) is 1.76. The van der Waals surface area contributed by atoms with Crippen LogP contribution in [0.3, 0.4) is 0 Å². The van der Waals surface area contributed by atoms with E-state index >= 15 is 0 Å². The molecule has 0 saturated heterocycles. The number of rotatable bonds is 5. The molecule has 0 spiro atoms. The number of hydrogen-bond donors (Lipinski definition) is 2. The number of aromatic nitrogens is 4. The summed E-state index contributed by atoms with van der Waals surface area (Å²) in [5.41, 5.74) is 0. The molecule has 0 aliphatic heterocycles. The molecule has 2 heterocycles. The molecule has 86 valence electrons. The predicted octanol–water partition coefficient (Wildman–Crippen LogP) is 1.04. The average Bonchev–Trinajstić information content (AvgIpc) is 2.90. The van der Waals surface area contributed by atoms with E-state index in [1.54, 1.807) is 6.20 Å². The lowest BCUT2D eigenvalue weighted by Gasteiger charge is -2.15. The first-order valence-corrected chi connectivity index (χ1v) is 5.50. The van der Waals surface area contributed by atoms with Gasteiger partial charge in [0.25, 0.3) is 0 Å². The normalized spacial score (nSPS) is 12.9. The van der Waals surface area contributed by atoms with E-state index in [4.69, 9.17) is 0 Å². The molecule has 0 amide bonds. The van der Waals surface area contributed by atoms with Gasteiger partial charge in [0.05, 0.1) is 6.04 Å². The second-order valence-corrected chi connectivity index (χ2v) is 3.74. The van der Waals surface area contributed by atoms with Crippen LogP contribution < -0.4 is 5.32 Å². The molecule has 5 nitrogen and oxygen atoms in total. The van der Waals surface area contributed by atoms with Gasteiger partial charge >= 0.3 is 0 Å². The Kier molecular flexibility index (Phi) is 3.36. The number of nitrogens with one attached hydrogen (secondary N) is 2. The van der Waals surface area contributed by atoms with Crippen molar-refractivity contribution in [1.82, 2.24) is 24.8 Å². The second-order valence-electron chi connectivity index (χ2n) is 3.74. The van der Waals surface area contributed by atoms with Gasteiger partial charge in [0.15, 0.2) is 0 Å². The van der Waals surface area contributed by atoms with E-state index in [9.17, 15) is 0 Å². The predicted molar refractivity (Wildman–Crippen MR) is 61.9 cm³/mol. The summed E-state index contributed by atoms with van der Waals surface area (Å²) in [6.07, 6.45) is 8.24. The van der Waals surface area contributed by atoms with Crippen LogP contribution in [0.25, 0.3) is 0 Å². The van der Waals surface area contributed by atoms with Crippen molar-refractivity contribution in [2.24, 2.45) is 7.05 Å². The maximum atomic E-state index is 4.33. The van der Waals surface area contributed by atoms with Crippen molar-refractivity contribution in [2.45, 2.75) is 19.4 Å². The molecule has 0 aromatic carbocycles. The third-order valence-electron chi connectivity index (χ3n) is 2.61. The van der Waals surface area contributed by atoms with Gasteiger partial charge in [-0.1, -0.05) is 6.92 Å². The molecule has 16 heavy (non-hydrogen) atoms. The van der Waals surface area contributed by atoms with E-state index < -0.39 is 0 Å². The van der Waals surface area contributed by atoms with E-state index in [-0.39, 0.29) is 6.04 Å². The Balaban J connectivity index is 2.12. The number of nitrogens with zero attached hydrogens (tertiary/aromatic N) is 3.